The van der Waals surface area contributed by atoms with Crippen LogP contribution in [0.1, 0.15) is 5.56 Å². The maximum atomic E-state index is 13.3. The van der Waals surface area contributed by atoms with E-state index in [1.54, 1.807) is 24.3 Å². The van der Waals surface area contributed by atoms with E-state index in [1.807, 2.05) is 6.07 Å². The van der Waals surface area contributed by atoms with Crippen LogP contribution in [-0.2, 0) is 0 Å². The Hall–Kier alpha value is -3.31. The molecule has 2 aromatic carbocycles. The maximum absolute atomic E-state index is 13.3. The van der Waals surface area contributed by atoms with Crippen LogP contribution in [0.5, 0.6) is 5.88 Å². The number of H-pyrrole nitrogens is 1. The Morgan fingerprint density at radius 3 is 2.71 bits per heavy atom. The van der Waals surface area contributed by atoms with Crippen LogP contribution in [0.3, 0.4) is 0 Å². The zero-order valence-electron chi connectivity index (χ0n) is 12.1. The minimum atomic E-state index is -0.448. The lowest BCUT2D eigenvalue weighted by Crippen LogP contribution is -2.04. The second-order valence-electron chi connectivity index (χ2n) is 4.83. The Morgan fingerprint density at radius 2 is 2.00 bits per heavy atom. The number of aromatic nitrogens is 1. The molecule has 3 N–H and O–H groups in total. The first-order chi connectivity index (χ1) is 11.6. The molecule has 1 aromatic heterocycles. The van der Waals surface area contributed by atoms with Gasteiger partial charge in [0, 0.05) is 11.1 Å². The van der Waals surface area contributed by atoms with Crippen molar-refractivity contribution < 1.29 is 9.50 Å². The molecule has 6 nitrogen and oxygen atoms in total. The molecule has 8 heteroatoms. The standard InChI is InChI=1S/C16H10FN5OS/c17-10-3-6-13-12(7-10)14(15(23)20-13)21-22-16(24)19-11-4-1-9(8-18)2-5-11/h1-7,20,23H,(H,19,24). The van der Waals surface area contributed by atoms with E-state index in [0.29, 0.717) is 22.2 Å². The topological polar surface area (TPSA) is 96.6 Å². The summed E-state index contributed by atoms with van der Waals surface area (Å²) in [6, 6.07) is 12.7. The third-order valence-electron chi connectivity index (χ3n) is 3.22. The summed E-state index contributed by atoms with van der Waals surface area (Å²) < 4.78 is 13.3. The van der Waals surface area contributed by atoms with Gasteiger partial charge in [0.15, 0.2) is 5.69 Å². The fourth-order valence-corrected chi connectivity index (χ4v) is 2.27. The lowest BCUT2D eigenvalue weighted by atomic mass is 10.2. The van der Waals surface area contributed by atoms with Gasteiger partial charge in [-0.15, -0.1) is 10.2 Å². The Morgan fingerprint density at radius 1 is 1.25 bits per heavy atom. The van der Waals surface area contributed by atoms with Crippen molar-refractivity contribution in [1.82, 2.24) is 4.98 Å². The number of rotatable bonds is 2. The van der Waals surface area contributed by atoms with Gasteiger partial charge in [0.1, 0.15) is 5.82 Å². The van der Waals surface area contributed by atoms with E-state index in [1.165, 1.54) is 18.2 Å². The average molecular weight is 339 g/mol. The molecule has 0 atom stereocenters. The molecule has 0 bridgehead atoms. The molecule has 0 saturated carbocycles. The number of anilines is 1. The summed E-state index contributed by atoms with van der Waals surface area (Å²) in [6.45, 7) is 0. The van der Waals surface area contributed by atoms with Crippen LogP contribution < -0.4 is 5.32 Å². The van der Waals surface area contributed by atoms with Crippen molar-refractivity contribution in [3.63, 3.8) is 0 Å². The van der Waals surface area contributed by atoms with Crippen LogP contribution in [0.2, 0.25) is 0 Å². The van der Waals surface area contributed by atoms with E-state index < -0.39 is 5.82 Å². The fourth-order valence-electron chi connectivity index (χ4n) is 2.11. The zero-order valence-corrected chi connectivity index (χ0v) is 12.9. The van der Waals surface area contributed by atoms with Crippen molar-refractivity contribution >= 4 is 39.6 Å². The molecule has 0 saturated heterocycles. The molecule has 3 rings (SSSR count). The highest BCUT2D eigenvalue weighted by Gasteiger charge is 2.11. The lowest BCUT2D eigenvalue weighted by Gasteiger charge is -2.02. The number of benzene rings is 2. The van der Waals surface area contributed by atoms with Gasteiger partial charge in [-0.1, -0.05) is 0 Å². The third-order valence-corrected chi connectivity index (χ3v) is 3.40. The summed E-state index contributed by atoms with van der Waals surface area (Å²) in [7, 11) is 0. The Bertz CT molecular complexity index is 988. The SMILES string of the molecule is N#Cc1ccc(NC(=S)N=Nc2c(O)[nH]c3ccc(F)cc23)cc1. The largest absolute Gasteiger partial charge is 0.493 e. The highest BCUT2D eigenvalue weighted by Crippen LogP contribution is 2.35. The number of thiocarbonyl (C=S) groups is 1. The summed E-state index contributed by atoms with van der Waals surface area (Å²) in [4.78, 5) is 2.68. The van der Waals surface area contributed by atoms with Crippen LogP contribution in [0.25, 0.3) is 10.9 Å². The Kier molecular flexibility index (Phi) is 4.18. The van der Waals surface area contributed by atoms with Gasteiger partial charge in [0.25, 0.3) is 0 Å². The molecule has 24 heavy (non-hydrogen) atoms. The molecular formula is C16H10FN5OS. The number of nitrogens with one attached hydrogen (secondary N) is 2. The van der Waals surface area contributed by atoms with Crippen LogP contribution in [0, 0.1) is 17.1 Å². The normalized spacial score (nSPS) is 10.8. The van der Waals surface area contributed by atoms with Gasteiger partial charge in [-0.25, -0.2) is 4.39 Å². The third kappa shape index (κ3) is 3.21. The van der Waals surface area contributed by atoms with Gasteiger partial charge < -0.3 is 15.4 Å². The monoisotopic (exact) mass is 339 g/mol. The summed E-state index contributed by atoms with van der Waals surface area (Å²) in [5, 5.41) is 29.6. The fraction of sp³-hybridized carbons (Fsp3) is 0. The highest BCUT2D eigenvalue weighted by atomic mass is 32.1. The lowest BCUT2D eigenvalue weighted by molar-refractivity contribution is 0.459. The van der Waals surface area contributed by atoms with E-state index in [4.69, 9.17) is 17.5 Å². The molecule has 0 radical (unpaired) electrons. The van der Waals surface area contributed by atoms with Crippen LogP contribution in [0.4, 0.5) is 15.8 Å². The van der Waals surface area contributed by atoms with E-state index in [0.717, 1.165) is 0 Å². The van der Waals surface area contributed by atoms with Gasteiger partial charge in [0.2, 0.25) is 11.0 Å². The Balaban J connectivity index is 1.80. The highest BCUT2D eigenvalue weighted by molar-refractivity contribution is 7.80. The molecule has 1 heterocycles. The first-order valence-corrected chi connectivity index (χ1v) is 7.21. The number of hydrogen-bond donors (Lipinski definition) is 3. The smallest absolute Gasteiger partial charge is 0.218 e. The summed E-state index contributed by atoms with van der Waals surface area (Å²) in [5.41, 5.74) is 1.81. The molecule has 0 unspecified atom stereocenters. The number of halogens is 1. The molecule has 0 aliphatic rings. The predicted molar refractivity (Wildman–Crippen MR) is 91.8 cm³/mol. The van der Waals surface area contributed by atoms with Crippen LogP contribution >= 0.6 is 12.2 Å². The molecule has 3 aromatic rings. The second kappa shape index (κ2) is 6.44. The number of azo groups is 1. The van der Waals surface area contributed by atoms with Crippen molar-refractivity contribution in [3.8, 4) is 11.9 Å². The first-order valence-electron chi connectivity index (χ1n) is 6.80. The second-order valence-corrected chi connectivity index (χ2v) is 5.22. The average Bonchev–Trinajstić information content (AvgIpc) is 2.88. The van der Waals surface area contributed by atoms with E-state index in [2.05, 4.69) is 20.5 Å². The predicted octanol–water partition coefficient (Wildman–Crippen LogP) is 4.36. The van der Waals surface area contributed by atoms with Crippen LogP contribution in [-0.4, -0.2) is 15.2 Å². The molecule has 0 spiro atoms. The van der Waals surface area contributed by atoms with Gasteiger partial charge in [-0.05, 0) is 54.7 Å². The molecule has 0 fully saturated rings. The number of nitrogens with zero attached hydrogens (tertiary/aromatic N) is 3. The van der Waals surface area contributed by atoms with Crippen molar-refractivity contribution in [2.75, 3.05) is 5.32 Å². The number of nitriles is 1. The molecular weight excluding hydrogens is 329 g/mol. The number of hydrogen-bond acceptors (Lipinski definition) is 4. The summed E-state index contributed by atoms with van der Waals surface area (Å²) in [6.07, 6.45) is 0. The van der Waals surface area contributed by atoms with E-state index in [9.17, 15) is 9.50 Å². The number of aromatic amines is 1. The number of fused-ring (bicyclic) bond motifs is 1. The van der Waals surface area contributed by atoms with Gasteiger partial charge in [0.05, 0.1) is 17.1 Å². The number of aromatic hydroxyl groups is 1. The quantitative estimate of drug-likeness (QED) is 0.477. The van der Waals surface area contributed by atoms with Gasteiger partial charge in [-0.2, -0.15) is 5.26 Å². The molecule has 0 aliphatic heterocycles. The van der Waals surface area contributed by atoms with Gasteiger partial charge in [-0.3, -0.25) is 0 Å². The zero-order chi connectivity index (χ0) is 17.1. The van der Waals surface area contributed by atoms with Crippen LogP contribution in [0.15, 0.2) is 52.7 Å². The summed E-state index contributed by atoms with van der Waals surface area (Å²) >= 11 is 5.06. The summed E-state index contributed by atoms with van der Waals surface area (Å²) in [5.74, 6) is -0.670. The van der Waals surface area contributed by atoms with E-state index >= 15 is 0 Å². The maximum Gasteiger partial charge on any atom is 0.218 e. The molecule has 0 amide bonds. The van der Waals surface area contributed by atoms with Gasteiger partial charge >= 0.3 is 0 Å². The van der Waals surface area contributed by atoms with Crippen molar-refractivity contribution in [2.45, 2.75) is 0 Å². The van der Waals surface area contributed by atoms with E-state index in [-0.39, 0.29) is 16.7 Å². The molecule has 0 aliphatic carbocycles. The van der Waals surface area contributed by atoms with Crippen molar-refractivity contribution in [3.05, 3.63) is 53.8 Å². The Labute approximate surface area is 141 Å². The van der Waals surface area contributed by atoms with Crippen molar-refractivity contribution in [1.29, 1.82) is 5.26 Å². The minimum Gasteiger partial charge on any atom is -0.493 e. The van der Waals surface area contributed by atoms with Crippen molar-refractivity contribution in [2.24, 2.45) is 10.2 Å². The molecule has 118 valence electrons. The minimum absolute atomic E-state index is 0.0601. The first kappa shape index (κ1) is 15.6.